The van der Waals surface area contributed by atoms with Crippen LogP contribution in [-0.2, 0) is 4.74 Å². The third-order valence-electron chi connectivity index (χ3n) is 3.74. The summed E-state index contributed by atoms with van der Waals surface area (Å²) in [5, 5.41) is 7.57. The maximum Gasteiger partial charge on any atom is 0.346 e. The van der Waals surface area contributed by atoms with E-state index in [0.29, 0.717) is 33.3 Å². The fourth-order valence-corrected chi connectivity index (χ4v) is 2.67. The van der Waals surface area contributed by atoms with Gasteiger partial charge in [0.25, 0.3) is 0 Å². The summed E-state index contributed by atoms with van der Waals surface area (Å²) in [6.07, 6.45) is 2.85. The normalized spacial score (nSPS) is 10.9. The zero-order valence-corrected chi connectivity index (χ0v) is 14.8. The summed E-state index contributed by atoms with van der Waals surface area (Å²) < 4.78 is 10.6. The smallest absolute Gasteiger partial charge is 0.346 e. The average molecular weight is 385 g/mol. The van der Waals surface area contributed by atoms with Crippen molar-refractivity contribution in [3.05, 3.63) is 47.5 Å². The number of fused-ring (bicyclic) bond motifs is 1. The minimum atomic E-state index is -0.568. The van der Waals surface area contributed by atoms with Crippen LogP contribution in [0.1, 0.15) is 17.3 Å². The number of carbonyl (C=O) groups is 1. The van der Waals surface area contributed by atoms with Crippen molar-refractivity contribution in [1.82, 2.24) is 25.1 Å². The van der Waals surface area contributed by atoms with Gasteiger partial charge in [0.15, 0.2) is 17.0 Å². The van der Waals surface area contributed by atoms with Gasteiger partial charge in [0.2, 0.25) is 5.88 Å². The Kier molecular flexibility index (Phi) is 4.43. The Hall–Kier alpha value is -3.46. The van der Waals surface area contributed by atoms with E-state index in [0.717, 1.165) is 0 Å². The summed E-state index contributed by atoms with van der Waals surface area (Å²) in [5.41, 5.74) is 2.20. The van der Waals surface area contributed by atoms with Crippen LogP contribution in [0.25, 0.3) is 22.4 Å². The average Bonchev–Trinajstić information content (AvgIpc) is 3.30. The molecule has 27 heavy (non-hydrogen) atoms. The molecule has 0 saturated carbocycles. The minimum Gasteiger partial charge on any atom is -0.462 e. The molecule has 0 saturated heterocycles. The number of aromatic amines is 1. The molecule has 0 spiro atoms. The lowest BCUT2D eigenvalue weighted by molar-refractivity contribution is 0.0528. The quantitative estimate of drug-likeness (QED) is 0.501. The topological polar surface area (TPSA) is 119 Å². The van der Waals surface area contributed by atoms with Crippen molar-refractivity contribution in [2.24, 2.45) is 0 Å². The highest BCUT2D eigenvalue weighted by atomic mass is 35.5. The summed E-state index contributed by atoms with van der Waals surface area (Å²) in [4.78, 5) is 27.8. The van der Waals surface area contributed by atoms with Gasteiger partial charge in [-0.3, -0.25) is 0 Å². The predicted octanol–water partition coefficient (Wildman–Crippen LogP) is 3.58. The monoisotopic (exact) mass is 384 g/mol. The molecule has 136 valence electrons. The molecule has 0 aliphatic heterocycles. The molecular weight excluding hydrogens is 372 g/mol. The number of ether oxygens (including phenoxy) is 1. The molecule has 0 fully saturated rings. The first-order chi connectivity index (χ1) is 13.2. The van der Waals surface area contributed by atoms with Gasteiger partial charge in [0.1, 0.15) is 17.5 Å². The summed E-state index contributed by atoms with van der Waals surface area (Å²) in [6, 6.07) is 6.88. The van der Waals surface area contributed by atoms with Gasteiger partial charge >= 0.3 is 5.97 Å². The molecule has 0 atom stereocenters. The van der Waals surface area contributed by atoms with Gasteiger partial charge in [-0.25, -0.2) is 19.7 Å². The SMILES string of the molecule is CCOC(=O)c1c(-c2ccc(Cl)cc2)noc1Nc1ncnc2nc[nH]c12. The van der Waals surface area contributed by atoms with Crippen LogP contribution in [-0.4, -0.2) is 37.7 Å². The molecule has 4 aromatic rings. The number of nitrogens with one attached hydrogen (secondary N) is 2. The molecule has 0 unspecified atom stereocenters. The molecule has 0 bridgehead atoms. The van der Waals surface area contributed by atoms with Crippen LogP contribution in [0.5, 0.6) is 0 Å². The number of hydrogen-bond acceptors (Lipinski definition) is 8. The molecule has 0 aliphatic carbocycles. The molecule has 0 amide bonds. The second kappa shape index (κ2) is 7.04. The number of carbonyl (C=O) groups excluding carboxylic acids is 1. The zero-order valence-electron chi connectivity index (χ0n) is 14.1. The third kappa shape index (κ3) is 3.20. The highest BCUT2D eigenvalue weighted by molar-refractivity contribution is 6.30. The van der Waals surface area contributed by atoms with Crippen molar-refractivity contribution < 1.29 is 14.1 Å². The van der Waals surface area contributed by atoms with Crippen LogP contribution < -0.4 is 5.32 Å². The summed E-state index contributed by atoms with van der Waals surface area (Å²) >= 11 is 5.94. The predicted molar refractivity (Wildman–Crippen MR) is 97.9 cm³/mol. The van der Waals surface area contributed by atoms with Crippen LogP contribution >= 0.6 is 11.6 Å². The minimum absolute atomic E-state index is 0.105. The Morgan fingerprint density at radius 2 is 2.07 bits per heavy atom. The summed E-state index contributed by atoms with van der Waals surface area (Å²) in [7, 11) is 0. The van der Waals surface area contributed by atoms with Gasteiger partial charge in [-0.05, 0) is 19.1 Å². The number of nitrogens with zero attached hydrogens (tertiary/aromatic N) is 4. The molecule has 3 heterocycles. The van der Waals surface area contributed by atoms with Gasteiger partial charge in [-0.15, -0.1) is 0 Å². The van der Waals surface area contributed by atoms with E-state index in [2.05, 4.69) is 30.4 Å². The number of halogens is 1. The zero-order chi connectivity index (χ0) is 18.8. The number of benzene rings is 1. The van der Waals surface area contributed by atoms with E-state index in [1.54, 1.807) is 31.2 Å². The van der Waals surface area contributed by atoms with Gasteiger partial charge in [0.05, 0.1) is 12.9 Å². The lowest BCUT2D eigenvalue weighted by Gasteiger charge is -2.06. The molecule has 0 radical (unpaired) electrons. The first-order valence-electron chi connectivity index (χ1n) is 8.01. The Labute approximate surface area is 157 Å². The molecule has 2 N–H and O–H groups in total. The van der Waals surface area contributed by atoms with E-state index in [1.807, 2.05) is 0 Å². The van der Waals surface area contributed by atoms with Crippen molar-refractivity contribution in [3.63, 3.8) is 0 Å². The molecular formula is C17H13ClN6O3. The Balaban J connectivity index is 1.79. The summed E-state index contributed by atoms with van der Waals surface area (Å²) in [6.45, 7) is 1.93. The van der Waals surface area contributed by atoms with Gasteiger partial charge in [-0.2, -0.15) is 0 Å². The van der Waals surface area contributed by atoms with Gasteiger partial charge < -0.3 is 19.6 Å². The third-order valence-corrected chi connectivity index (χ3v) is 4.00. The van der Waals surface area contributed by atoms with E-state index < -0.39 is 5.97 Å². The standard InChI is InChI=1S/C17H13ClN6O3/c1-2-26-17(25)11-12(9-3-5-10(18)6-4-9)24-27-16(11)23-15-13-14(20-7-19-13)21-8-22-15/h3-8H,2H2,1H3,(H2,19,20,21,22,23). The second-order valence-electron chi connectivity index (χ2n) is 5.41. The van der Waals surface area contributed by atoms with E-state index in [4.69, 9.17) is 20.9 Å². The first kappa shape index (κ1) is 17.0. The van der Waals surface area contributed by atoms with E-state index in [1.165, 1.54) is 12.7 Å². The number of anilines is 2. The fraction of sp³-hybridized carbons (Fsp3) is 0.118. The molecule has 10 heteroatoms. The maximum atomic E-state index is 12.6. The van der Waals surface area contributed by atoms with E-state index >= 15 is 0 Å². The number of imidazole rings is 1. The Morgan fingerprint density at radius 1 is 1.26 bits per heavy atom. The van der Waals surface area contributed by atoms with Crippen LogP contribution in [0.4, 0.5) is 11.7 Å². The number of esters is 1. The first-order valence-corrected chi connectivity index (χ1v) is 8.39. The Bertz CT molecular complexity index is 1110. The second-order valence-corrected chi connectivity index (χ2v) is 5.85. The van der Waals surface area contributed by atoms with Crippen LogP contribution in [0.3, 0.4) is 0 Å². The van der Waals surface area contributed by atoms with Crippen LogP contribution in [0.2, 0.25) is 5.02 Å². The molecule has 0 aliphatic rings. The fourth-order valence-electron chi connectivity index (χ4n) is 2.54. The number of rotatable bonds is 5. The number of aromatic nitrogens is 5. The number of H-pyrrole nitrogens is 1. The highest BCUT2D eigenvalue weighted by Gasteiger charge is 2.26. The highest BCUT2D eigenvalue weighted by Crippen LogP contribution is 2.32. The van der Waals surface area contributed by atoms with Crippen molar-refractivity contribution in [2.45, 2.75) is 6.92 Å². The van der Waals surface area contributed by atoms with Crippen molar-refractivity contribution >= 4 is 40.4 Å². The lowest BCUT2D eigenvalue weighted by atomic mass is 10.1. The molecule has 4 rings (SSSR count). The van der Waals surface area contributed by atoms with E-state index in [9.17, 15) is 4.79 Å². The van der Waals surface area contributed by atoms with Gasteiger partial charge in [0, 0.05) is 10.6 Å². The molecule has 9 nitrogen and oxygen atoms in total. The lowest BCUT2D eigenvalue weighted by Crippen LogP contribution is -2.08. The maximum absolute atomic E-state index is 12.6. The molecule has 3 aromatic heterocycles. The van der Waals surface area contributed by atoms with Crippen molar-refractivity contribution in [3.8, 4) is 11.3 Å². The largest absolute Gasteiger partial charge is 0.462 e. The van der Waals surface area contributed by atoms with Crippen molar-refractivity contribution in [2.75, 3.05) is 11.9 Å². The van der Waals surface area contributed by atoms with Gasteiger partial charge in [-0.1, -0.05) is 28.9 Å². The Morgan fingerprint density at radius 3 is 2.85 bits per heavy atom. The van der Waals surface area contributed by atoms with Crippen LogP contribution in [0, 0.1) is 0 Å². The summed E-state index contributed by atoms with van der Waals surface area (Å²) in [5.74, 6) is -0.0732. The number of hydrogen-bond donors (Lipinski definition) is 2. The van der Waals surface area contributed by atoms with E-state index in [-0.39, 0.29) is 18.1 Å². The van der Waals surface area contributed by atoms with Crippen LogP contribution in [0.15, 0.2) is 41.4 Å². The molecule has 1 aromatic carbocycles. The van der Waals surface area contributed by atoms with Crippen molar-refractivity contribution in [1.29, 1.82) is 0 Å².